The standard InChI is InChI=1S/C24H23N3O4/c1-4-16-6-5-7-17-18(11-25-23(16)17)21(28)13-31-24(29)19-12-27(14-26-19)20-10-15(2)8-9-22(20)30-3/h5-12,14,25H,4,13H2,1-3H3. The molecular weight excluding hydrogens is 394 g/mol. The number of ether oxygens (including phenoxy) is 2. The molecule has 0 fully saturated rings. The lowest BCUT2D eigenvalue weighted by molar-refractivity contribution is 0.0470. The highest BCUT2D eigenvalue weighted by atomic mass is 16.5. The van der Waals surface area contributed by atoms with Crippen molar-refractivity contribution in [2.45, 2.75) is 20.3 Å². The van der Waals surface area contributed by atoms with Gasteiger partial charge in [0.2, 0.25) is 5.78 Å². The lowest BCUT2D eigenvalue weighted by Gasteiger charge is -2.09. The Labute approximate surface area is 179 Å². The Bertz CT molecular complexity index is 1270. The topological polar surface area (TPSA) is 86.2 Å². The largest absolute Gasteiger partial charge is 0.495 e. The summed E-state index contributed by atoms with van der Waals surface area (Å²) in [5.41, 5.74) is 4.49. The summed E-state index contributed by atoms with van der Waals surface area (Å²) in [5, 5.41) is 0.830. The number of aryl methyl sites for hydroxylation is 2. The first-order valence-electron chi connectivity index (χ1n) is 10.00. The number of carbonyl (C=O) groups is 2. The molecule has 0 amide bonds. The molecule has 31 heavy (non-hydrogen) atoms. The van der Waals surface area contributed by atoms with Crippen molar-refractivity contribution in [3.63, 3.8) is 0 Å². The molecule has 0 aliphatic heterocycles. The number of esters is 1. The molecule has 0 aliphatic rings. The molecule has 2 aromatic heterocycles. The molecule has 0 atom stereocenters. The van der Waals surface area contributed by atoms with Gasteiger partial charge in [0.05, 0.1) is 12.8 Å². The van der Waals surface area contributed by atoms with E-state index < -0.39 is 5.97 Å². The molecule has 2 heterocycles. The van der Waals surface area contributed by atoms with E-state index in [1.807, 2.05) is 43.3 Å². The van der Waals surface area contributed by atoms with E-state index >= 15 is 0 Å². The van der Waals surface area contributed by atoms with Crippen molar-refractivity contribution in [3.05, 3.63) is 77.5 Å². The highest BCUT2D eigenvalue weighted by molar-refractivity contribution is 6.09. The van der Waals surface area contributed by atoms with Crippen molar-refractivity contribution in [2.24, 2.45) is 0 Å². The number of hydrogen-bond acceptors (Lipinski definition) is 5. The summed E-state index contributed by atoms with van der Waals surface area (Å²) in [6, 6.07) is 11.6. The Morgan fingerprint density at radius 1 is 1.19 bits per heavy atom. The van der Waals surface area contributed by atoms with E-state index in [0.29, 0.717) is 11.3 Å². The number of fused-ring (bicyclic) bond motifs is 1. The first kappa shape index (κ1) is 20.4. The van der Waals surface area contributed by atoms with Gasteiger partial charge in [0.25, 0.3) is 0 Å². The highest BCUT2D eigenvalue weighted by Gasteiger charge is 2.18. The fraction of sp³-hybridized carbons (Fsp3) is 0.208. The van der Waals surface area contributed by atoms with E-state index in [0.717, 1.165) is 34.1 Å². The van der Waals surface area contributed by atoms with Crippen LogP contribution < -0.4 is 4.74 Å². The summed E-state index contributed by atoms with van der Waals surface area (Å²) in [4.78, 5) is 32.4. The molecule has 158 valence electrons. The fourth-order valence-corrected chi connectivity index (χ4v) is 3.59. The predicted octanol–water partition coefficient (Wildman–Crippen LogP) is 4.27. The van der Waals surface area contributed by atoms with Gasteiger partial charge in [-0.05, 0) is 36.6 Å². The van der Waals surface area contributed by atoms with E-state index in [1.54, 1.807) is 24.1 Å². The van der Waals surface area contributed by atoms with Crippen molar-refractivity contribution in [1.29, 1.82) is 0 Å². The maximum Gasteiger partial charge on any atom is 0.358 e. The fourth-order valence-electron chi connectivity index (χ4n) is 3.59. The van der Waals surface area contributed by atoms with Crippen molar-refractivity contribution >= 4 is 22.7 Å². The number of hydrogen-bond donors (Lipinski definition) is 1. The lowest BCUT2D eigenvalue weighted by atomic mass is 10.1. The summed E-state index contributed by atoms with van der Waals surface area (Å²) in [6.45, 7) is 3.67. The lowest BCUT2D eigenvalue weighted by Crippen LogP contribution is -2.14. The summed E-state index contributed by atoms with van der Waals surface area (Å²) >= 11 is 0. The molecule has 0 saturated heterocycles. The monoisotopic (exact) mass is 417 g/mol. The highest BCUT2D eigenvalue weighted by Crippen LogP contribution is 2.25. The van der Waals surface area contributed by atoms with Gasteiger partial charge < -0.3 is 19.0 Å². The average Bonchev–Trinajstić information content (AvgIpc) is 3.44. The molecule has 0 spiro atoms. The molecular formula is C24H23N3O4. The van der Waals surface area contributed by atoms with Crippen molar-refractivity contribution in [1.82, 2.24) is 14.5 Å². The molecule has 4 aromatic rings. The van der Waals surface area contributed by atoms with E-state index in [2.05, 4.69) is 16.9 Å². The zero-order valence-corrected chi connectivity index (χ0v) is 17.6. The first-order valence-corrected chi connectivity index (χ1v) is 10.00. The number of carbonyl (C=O) groups excluding carboxylic acids is 2. The third-order valence-electron chi connectivity index (χ3n) is 5.22. The third kappa shape index (κ3) is 3.94. The molecule has 2 aromatic carbocycles. The zero-order chi connectivity index (χ0) is 22.0. The van der Waals surface area contributed by atoms with Crippen LogP contribution in [0.3, 0.4) is 0 Å². The van der Waals surface area contributed by atoms with E-state index in [4.69, 9.17) is 9.47 Å². The van der Waals surface area contributed by atoms with Gasteiger partial charge in [-0.15, -0.1) is 0 Å². The third-order valence-corrected chi connectivity index (χ3v) is 5.22. The van der Waals surface area contributed by atoms with Gasteiger partial charge in [0.1, 0.15) is 12.1 Å². The second kappa shape index (κ2) is 8.47. The molecule has 7 heteroatoms. The number of nitrogens with one attached hydrogen (secondary N) is 1. The molecule has 0 radical (unpaired) electrons. The van der Waals surface area contributed by atoms with Crippen LogP contribution in [0.5, 0.6) is 5.75 Å². The number of rotatable bonds is 7. The number of imidazole rings is 1. The Morgan fingerprint density at radius 3 is 2.81 bits per heavy atom. The zero-order valence-electron chi connectivity index (χ0n) is 17.6. The van der Waals surface area contributed by atoms with Crippen LogP contribution in [-0.4, -0.2) is 40.0 Å². The van der Waals surface area contributed by atoms with Crippen LogP contribution in [0, 0.1) is 6.92 Å². The second-order valence-electron chi connectivity index (χ2n) is 7.24. The summed E-state index contributed by atoms with van der Waals surface area (Å²) in [5.74, 6) is -0.274. The van der Waals surface area contributed by atoms with Crippen LogP contribution in [-0.2, 0) is 11.2 Å². The van der Waals surface area contributed by atoms with Crippen molar-refractivity contribution in [2.75, 3.05) is 13.7 Å². The predicted molar refractivity (Wildman–Crippen MR) is 117 cm³/mol. The average molecular weight is 417 g/mol. The van der Waals surface area contributed by atoms with E-state index in [-0.39, 0.29) is 18.1 Å². The van der Waals surface area contributed by atoms with Crippen LogP contribution in [0.15, 0.2) is 55.1 Å². The van der Waals surface area contributed by atoms with Gasteiger partial charge in [-0.2, -0.15) is 0 Å². The number of methoxy groups -OCH3 is 1. The maximum absolute atomic E-state index is 12.7. The van der Waals surface area contributed by atoms with Gasteiger partial charge >= 0.3 is 5.97 Å². The molecule has 0 aliphatic carbocycles. The molecule has 4 rings (SSSR count). The number of nitrogens with zero attached hydrogens (tertiary/aromatic N) is 2. The smallest absolute Gasteiger partial charge is 0.358 e. The van der Waals surface area contributed by atoms with Crippen LogP contribution in [0.2, 0.25) is 0 Å². The summed E-state index contributed by atoms with van der Waals surface area (Å²) in [6.07, 6.45) is 5.60. The minimum absolute atomic E-state index is 0.114. The Kier molecular flexibility index (Phi) is 5.58. The molecule has 0 bridgehead atoms. The summed E-state index contributed by atoms with van der Waals surface area (Å²) < 4.78 is 12.3. The molecule has 7 nitrogen and oxygen atoms in total. The Balaban J connectivity index is 1.48. The minimum atomic E-state index is -0.659. The second-order valence-corrected chi connectivity index (χ2v) is 7.24. The van der Waals surface area contributed by atoms with Crippen molar-refractivity contribution in [3.8, 4) is 11.4 Å². The number of aromatic nitrogens is 3. The quantitative estimate of drug-likeness (QED) is 0.358. The number of aromatic amines is 1. The van der Waals surface area contributed by atoms with Crippen molar-refractivity contribution < 1.29 is 19.1 Å². The van der Waals surface area contributed by atoms with Crippen LogP contribution in [0.1, 0.15) is 38.9 Å². The van der Waals surface area contributed by atoms with Crippen LogP contribution in [0.25, 0.3) is 16.6 Å². The number of benzene rings is 2. The number of ketones is 1. The van der Waals surface area contributed by atoms with E-state index in [1.165, 1.54) is 6.33 Å². The maximum atomic E-state index is 12.7. The molecule has 0 saturated carbocycles. The SMILES string of the molecule is CCc1cccc2c(C(=O)COC(=O)c3cn(-c4cc(C)ccc4OC)cn3)c[nH]c12. The molecule has 0 unspecified atom stereocenters. The van der Waals surface area contributed by atoms with Crippen LogP contribution in [0.4, 0.5) is 0 Å². The van der Waals surface area contributed by atoms with Gasteiger partial charge in [-0.3, -0.25) is 4.79 Å². The molecule has 1 N–H and O–H groups in total. The number of para-hydroxylation sites is 1. The normalized spacial score (nSPS) is 10.9. The number of H-pyrrole nitrogens is 1. The van der Waals surface area contributed by atoms with Gasteiger partial charge in [-0.1, -0.05) is 31.2 Å². The van der Waals surface area contributed by atoms with Gasteiger partial charge in [0.15, 0.2) is 12.3 Å². The van der Waals surface area contributed by atoms with Crippen LogP contribution >= 0.6 is 0 Å². The van der Waals surface area contributed by atoms with E-state index in [9.17, 15) is 9.59 Å². The Morgan fingerprint density at radius 2 is 2.03 bits per heavy atom. The minimum Gasteiger partial charge on any atom is -0.495 e. The number of Topliss-reactive ketones (excluding diaryl/α,β-unsaturated/α-hetero) is 1. The van der Waals surface area contributed by atoms with Gasteiger partial charge in [0, 0.05) is 28.9 Å². The Hall–Kier alpha value is -3.87. The first-order chi connectivity index (χ1) is 15.0. The van der Waals surface area contributed by atoms with Gasteiger partial charge in [-0.25, -0.2) is 9.78 Å². The summed E-state index contributed by atoms with van der Waals surface area (Å²) in [7, 11) is 1.58.